The van der Waals surface area contributed by atoms with Crippen molar-refractivity contribution >= 4 is 56.6 Å². The molecule has 2 fully saturated rings. The summed E-state index contributed by atoms with van der Waals surface area (Å²) < 4.78 is 36.9. The summed E-state index contributed by atoms with van der Waals surface area (Å²) in [5.74, 6) is -0.182. The van der Waals surface area contributed by atoms with Gasteiger partial charge in [0.15, 0.2) is 13.2 Å². The van der Waals surface area contributed by atoms with Gasteiger partial charge in [0.25, 0.3) is 17.0 Å². The highest BCUT2D eigenvalue weighted by Crippen LogP contribution is 2.35. The number of ether oxygens (including phenoxy) is 4. The Bertz CT molecular complexity index is 3650. The van der Waals surface area contributed by atoms with Crippen LogP contribution >= 0.6 is 0 Å². The first-order chi connectivity index (χ1) is 40.0. The van der Waals surface area contributed by atoms with Gasteiger partial charge >= 0.3 is 5.97 Å². The third-order valence-corrected chi connectivity index (χ3v) is 14.2. The van der Waals surface area contributed by atoms with E-state index in [2.05, 4.69) is 20.4 Å². The molecule has 8 aromatic rings. The van der Waals surface area contributed by atoms with Crippen LogP contribution in [0.15, 0.2) is 143 Å². The number of fused-ring (bicyclic) bond motifs is 4. The van der Waals surface area contributed by atoms with E-state index in [9.17, 15) is 33.2 Å². The molecule has 6 aromatic carbocycles. The van der Waals surface area contributed by atoms with Crippen LogP contribution in [0, 0.1) is 0 Å². The van der Waals surface area contributed by atoms with Crippen molar-refractivity contribution in [3.8, 4) is 34.0 Å². The fourth-order valence-corrected chi connectivity index (χ4v) is 10.1. The number of morpholine rings is 1. The van der Waals surface area contributed by atoms with Crippen molar-refractivity contribution in [3.05, 3.63) is 176 Å². The third-order valence-electron chi connectivity index (χ3n) is 14.2. The molecule has 0 atom stereocenters. The standard InChI is InChI=1S/C30H28N4O5.C26H21N3O5.C5H10O.CH3F/c35-27(17-20-5-7-22(8-6-20)29-24-3-1-2-4-25(24)30(37)32-31-29)34-12-11-21-9-10-23(18-26(21)34)39-19-28(36)33-13-15-38-16-14-33;30-23(29-12-11-17-9-10-19(14-22(17)29)34-15-24(31)32)13-16-5-7-18(8-6-16)25-20-3-1-2-4-21(20)26(33)28-27-25;1-2-4-6-5-3-1;1-2/h1-10,18H,11-17,19H2,(H,32,37);1-10,14H,11-13,15H2,(H,28,33)(H,31,32);1-5H2;1H3/i;;;1D. The predicted molar refractivity (Wildman–Crippen MR) is 306 cm³/mol. The second-order valence-electron chi connectivity index (χ2n) is 19.5. The molecule has 3 amide bonds. The van der Waals surface area contributed by atoms with Crippen molar-refractivity contribution in [2.75, 3.05) is 82.8 Å². The number of carbonyl (C=O) groups is 4. The highest BCUT2D eigenvalue weighted by molar-refractivity contribution is 5.99. The van der Waals surface area contributed by atoms with E-state index in [0.717, 1.165) is 81.6 Å². The Morgan fingerprint density at radius 1 is 0.568 bits per heavy atom. The van der Waals surface area contributed by atoms with Crippen molar-refractivity contribution < 1.29 is 49.0 Å². The summed E-state index contributed by atoms with van der Waals surface area (Å²) in [5.41, 5.74) is 8.06. The summed E-state index contributed by atoms with van der Waals surface area (Å²) in [6.07, 6.45) is 5.92. The Balaban J connectivity index is 0.000000173. The van der Waals surface area contributed by atoms with Gasteiger partial charge in [0.05, 0.1) is 68.1 Å². The van der Waals surface area contributed by atoms with Gasteiger partial charge in [-0.25, -0.2) is 15.0 Å². The summed E-state index contributed by atoms with van der Waals surface area (Å²) in [5, 5.41) is 25.1. The van der Waals surface area contributed by atoms with Gasteiger partial charge in [-0.15, -0.1) is 0 Å². The van der Waals surface area contributed by atoms with E-state index < -0.39 is 19.7 Å². The molecule has 0 spiro atoms. The molecule has 4 aliphatic rings. The van der Waals surface area contributed by atoms with Gasteiger partial charge in [0.1, 0.15) is 11.5 Å². The maximum absolute atomic E-state index is 13.3. The monoisotopic (exact) mass is 1100 g/mol. The van der Waals surface area contributed by atoms with Gasteiger partial charge in [-0.2, -0.15) is 10.2 Å². The van der Waals surface area contributed by atoms with Crippen LogP contribution < -0.4 is 30.4 Å². The smallest absolute Gasteiger partial charge is 0.341 e. The molecule has 19 heteroatoms. The molecule has 12 rings (SSSR count). The molecule has 0 radical (unpaired) electrons. The highest BCUT2D eigenvalue weighted by atomic mass is 19.1. The van der Waals surface area contributed by atoms with Crippen molar-refractivity contribution in [2.24, 2.45) is 0 Å². The molecule has 0 saturated carbocycles. The third kappa shape index (κ3) is 14.0. The number of aromatic nitrogens is 4. The van der Waals surface area contributed by atoms with Crippen LogP contribution in [0.2, 0.25) is 0 Å². The van der Waals surface area contributed by atoms with E-state index in [0.29, 0.717) is 73.1 Å². The number of aromatic amines is 2. The van der Waals surface area contributed by atoms with Gasteiger partial charge in [0.2, 0.25) is 11.8 Å². The van der Waals surface area contributed by atoms with Crippen LogP contribution in [0.1, 0.15) is 42.9 Å². The Labute approximate surface area is 467 Å². The van der Waals surface area contributed by atoms with Crippen molar-refractivity contribution in [2.45, 2.75) is 44.9 Å². The number of halogens is 1. The number of carbonyl (C=O) groups excluding carboxylic acids is 3. The van der Waals surface area contributed by atoms with Crippen LogP contribution in [0.5, 0.6) is 11.5 Å². The molecule has 18 nitrogen and oxygen atoms in total. The molecule has 0 bridgehead atoms. The quantitative estimate of drug-likeness (QED) is 0.106. The number of aliphatic carboxylic acids is 1. The van der Waals surface area contributed by atoms with Crippen molar-refractivity contribution in [1.82, 2.24) is 25.3 Å². The summed E-state index contributed by atoms with van der Waals surface area (Å²) >= 11 is 0. The summed E-state index contributed by atoms with van der Waals surface area (Å²) in [4.78, 5) is 79.0. The number of benzene rings is 6. The van der Waals surface area contributed by atoms with Crippen LogP contribution in [0.25, 0.3) is 44.1 Å². The van der Waals surface area contributed by atoms with E-state index in [1.54, 1.807) is 39.0 Å². The lowest BCUT2D eigenvalue weighted by Gasteiger charge is -2.26. The molecule has 418 valence electrons. The molecular weight excluding hydrogens is 1040 g/mol. The van der Waals surface area contributed by atoms with Gasteiger partial charge in [0, 0.05) is 73.4 Å². The number of anilines is 2. The number of H-pyrrole nitrogens is 2. The van der Waals surface area contributed by atoms with Crippen molar-refractivity contribution in [1.29, 1.82) is 0 Å². The van der Waals surface area contributed by atoms with E-state index in [-0.39, 0.29) is 48.3 Å². The number of hydrogen-bond acceptors (Lipinski definition) is 12. The van der Waals surface area contributed by atoms with Gasteiger partial charge in [-0.1, -0.05) is 97.1 Å². The van der Waals surface area contributed by atoms with Crippen molar-refractivity contribution in [3.63, 3.8) is 0 Å². The van der Waals surface area contributed by atoms with E-state index in [1.807, 2.05) is 109 Å². The molecule has 81 heavy (non-hydrogen) atoms. The minimum absolute atomic E-state index is 0.00402. The first kappa shape index (κ1) is 55.3. The summed E-state index contributed by atoms with van der Waals surface area (Å²) in [6.45, 7) is 4.95. The minimum atomic E-state index is -1.05. The Morgan fingerprint density at radius 3 is 1.42 bits per heavy atom. The zero-order valence-corrected chi connectivity index (χ0v) is 44.6. The average Bonchev–Trinajstić information content (AvgIpc) is 4.28. The zero-order valence-electron chi connectivity index (χ0n) is 45.6. The number of amides is 3. The topological polar surface area (TPSA) is 227 Å². The fourth-order valence-electron chi connectivity index (χ4n) is 10.1. The van der Waals surface area contributed by atoms with Crippen LogP contribution in [0.3, 0.4) is 0 Å². The van der Waals surface area contributed by atoms with Gasteiger partial charge in [-0.05, 0) is 78.6 Å². The maximum atomic E-state index is 13.3. The highest BCUT2D eigenvalue weighted by Gasteiger charge is 2.27. The lowest BCUT2D eigenvalue weighted by molar-refractivity contribution is -0.139. The molecular formula is C62H62FN7O11. The second kappa shape index (κ2) is 27.2. The number of hydrogen-bond donors (Lipinski definition) is 3. The number of rotatable bonds is 12. The number of alkyl halides is 1. The normalized spacial score (nSPS) is 14.4. The van der Waals surface area contributed by atoms with E-state index in [4.69, 9.17) is 25.4 Å². The Morgan fingerprint density at radius 2 is 1.00 bits per heavy atom. The van der Waals surface area contributed by atoms with Crippen LogP contribution in [-0.2, 0) is 54.3 Å². The Hall–Kier alpha value is -9.07. The molecule has 0 aliphatic carbocycles. The summed E-state index contributed by atoms with van der Waals surface area (Å²) in [7, 11) is -1.00. The van der Waals surface area contributed by atoms with Crippen LogP contribution in [-0.4, -0.2) is 127 Å². The number of carboxylic acid groups (broad SMARTS) is 1. The maximum Gasteiger partial charge on any atom is 0.341 e. The molecule has 3 N–H and O–H groups in total. The number of carboxylic acids is 1. The fraction of sp³-hybridized carbons (Fsp3) is 0.290. The van der Waals surface area contributed by atoms with E-state index in [1.165, 1.54) is 19.3 Å². The lowest BCUT2D eigenvalue weighted by atomic mass is 10.0. The number of nitrogens with zero attached hydrogens (tertiary/aromatic N) is 5. The van der Waals surface area contributed by atoms with Gasteiger partial charge < -0.3 is 38.8 Å². The largest absolute Gasteiger partial charge is 0.484 e. The first-order valence-electron chi connectivity index (χ1n) is 27.4. The van der Waals surface area contributed by atoms with Crippen LogP contribution in [0.4, 0.5) is 15.8 Å². The predicted octanol–water partition coefficient (Wildman–Crippen LogP) is 7.92. The molecule has 2 saturated heterocycles. The lowest BCUT2D eigenvalue weighted by Crippen LogP contribution is -2.42. The minimum Gasteiger partial charge on any atom is -0.484 e. The molecule has 2 aromatic heterocycles. The van der Waals surface area contributed by atoms with Gasteiger partial charge in [-0.3, -0.25) is 28.4 Å². The SMILES string of the molecule is C1CCOCC1.O=C(COc1ccc2c(c1)N(C(=O)Cc1ccc(-c3n[nH]c(=O)c4ccccc34)cc1)CC2)N1CCOCC1.O=C(O)COc1ccc2c(c1)N(C(=O)Cc1ccc(-c3n[nH]c(=O)c4ccccc34)cc1)CC2.[2H]CF. The molecule has 0 unspecified atom stereocenters. The Kier molecular flexibility index (Phi) is 18.6. The molecule has 6 heterocycles. The molecule has 4 aliphatic heterocycles. The summed E-state index contributed by atoms with van der Waals surface area (Å²) in [6, 6.07) is 40.9. The second-order valence-corrected chi connectivity index (χ2v) is 19.5. The number of nitrogens with one attached hydrogen (secondary N) is 2. The average molecular weight is 1100 g/mol. The first-order valence-corrected chi connectivity index (χ1v) is 26.7. The van der Waals surface area contributed by atoms with E-state index >= 15 is 0 Å². The zero-order chi connectivity index (χ0) is 57.4.